The van der Waals surface area contributed by atoms with Crippen LogP contribution < -0.4 is 9.47 Å². The zero-order chi connectivity index (χ0) is 16.1. The second kappa shape index (κ2) is 6.62. The number of rotatable bonds is 6. The van der Waals surface area contributed by atoms with Crippen molar-refractivity contribution in [1.29, 1.82) is 0 Å². The van der Waals surface area contributed by atoms with Crippen LogP contribution in [0.4, 0.5) is 0 Å². The molecule has 0 unspecified atom stereocenters. The third-order valence-electron chi connectivity index (χ3n) is 3.10. The topological polar surface area (TPSA) is 93.1 Å². The summed E-state index contributed by atoms with van der Waals surface area (Å²) in [5, 5.41) is 19.5. The quantitative estimate of drug-likeness (QED) is 0.795. The van der Waals surface area contributed by atoms with Crippen molar-refractivity contribution in [3.63, 3.8) is 0 Å². The van der Waals surface area contributed by atoms with Gasteiger partial charge in [0.15, 0.2) is 29.3 Å². The molecule has 0 atom stereocenters. The van der Waals surface area contributed by atoms with Crippen LogP contribution in [-0.2, 0) is 6.61 Å². The van der Waals surface area contributed by atoms with Gasteiger partial charge in [0.2, 0.25) is 0 Å². The van der Waals surface area contributed by atoms with Gasteiger partial charge in [-0.15, -0.1) is 0 Å². The van der Waals surface area contributed by atoms with Crippen molar-refractivity contribution in [2.75, 3.05) is 7.11 Å². The van der Waals surface area contributed by atoms with Crippen molar-refractivity contribution in [1.82, 2.24) is 0 Å². The Labute approximate surface area is 126 Å². The van der Waals surface area contributed by atoms with Crippen LogP contribution in [0, 0.1) is 0 Å². The number of hydrogen-bond acceptors (Lipinski definition) is 6. The fourth-order valence-electron chi connectivity index (χ4n) is 1.99. The minimum absolute atomic E-state index is 0.0897. The summed E-state index contributed by atoms with van der Waals surface area (Å²) >= 11 is 0. The van der Waals surface area contributed by atoms with Crippen LogP contribution in [0.15, 0.2) is 30.3 Å². The van der Waals surface area contributed by atoms with E-state index in [4.69, 9.17) is 9.47 Å². The van der Waals surface area contributed by atoms with E-state index in [0.29, 0.717) is 29.3 Å². The van der Waals surface area contributed by atoms with E-state index in [1.54, 1.807) is 0 Å². The number of phenolic OH excluding ortho intramolecular Hbond substituents is 2. The molecular weight excluding hydrogens is 288 g/mol. The number of aromatic hydroxyl groups is 2. The smallest absolute Gasteiger partial charge is 0.167 e. The predicted molar refractivity (Wildman–Crippen MR) is 77.9 cm³/mol. The summed E-state index contributed by atoms with van der Waals surface area (Å²) in [4.78, 5) is 21.9. The Morgan fingerprint density at radius 2 is 1.77 bits per heavy atom. The predicted octanol–water partition coefficient (Wildman–Crippen LogP) is 2.31. The van der Waals surface area contributed by atoms with Gasteiger partial charge in [-0.2, -0.15) is 0 Å². The van der Waals surface area contributed by atoms with Crippen molar-refractivity contribution < 1.29 is 29.3 Å². The highest BCUT2D eigenvalue weighted by atomic mass is 16.5. The maximum atomic E-state index is 11.1. The molecule has 114 valence electrons. The average Bonchev–Trinajstić information content (AvgIpc) is 2.54. The lowest BCUT2D eigenvalue weighted by Crippen LogP contribution is -2.03. The van der Waals surface area contributed by atoms with Crippen LogP contribution in [-0.4, -0.2) is 29.9 Å². The fraction of sp³-hybridized carbons (Fsp3) is 0.125. The molecule has 0 amide bonds. The number of phenols is 2. The molecule has 0 saturated carbocycles. The summed E-state index contributed by atoms with van der Waals surface area (Å²) in [5.41, 5.74) is 0.973. The molecule has 6 heteroatoms. The molecular formula is C16H14O6. The van der Waals surface area contributed by atoms with E-state index < -0.39 is 0 Å². The maximum Gasteiger partial charge on any atom is 0.167 e. The van der Waals surface area contributed by atoms with Crippen LogP contribution in [0.5, 0.6) is 23.0 Å². The first-order chi connectivity index (χ1) is 10.6. The second-order valence-electron chi connectivity index (χ2n) is 4.44. The van der Waals surface area contributed by atoms with Crippen LogP contribution in [0.1, 0.15) is 26.3 Å². The van der Waals surface area contributed by atoms with E-state index in [-0.39, 0.29) is 29.6 Å². The molecule has 2 rings (SSSR count). The largest absolute Gasteiger partial charge is 0.504 e. The highest BCUT2D eigenvalue weighted by Gasteiger charge is 2.15. The van der Waals surface area contributed by atoms with E-state index >= 15 is 0 Å². The first-order valence-corrected chi connectivity index (χ1v) is 6.35. The molecule has 0 aliphatic carbocycles. The van der Waals surface area contributed by atoms with Gasteiger partial charge in [0.25, 0.3) is 0 Å². The van der Waals surface area contributed by atoms with Gasteiger partial charge >= 0.3 is 0 Å². The highest BCUT2D eigenvalue weighted by molar-refractivity contribution is 5.80. The summed E-state index contributed by atoms with van der Waals surface area (Å²) in [7, 11) is 1.36. The Bertz CT molecular complexity index is 708. The molecule has 2 aromatic rings. The zero-order valence-corrected chi connectivity index (χ0v) is 11.8. The average molecular weight is 302 g/mol. The minimum Gasteiger partial charge on any atom is -0.504 e. The first-order valence-electron chi connectivity index (χ1n) is 6.35. The summed E-state index contributed by atoms with van der Waals surface area (Å²) < 4.78 is 10.5. The van der Waals surface area contributed by atoms with Crippen molar-refractivity contribution in [3.8, 4) is 23.0 Å². The van der Waals surface area contributed by atoms with E-state index in [0.717, 1.165) is 0 Å². The first kappa shape index (κ1) is 15.4. The summed E-state index contributed by atoms with van der Waals surface area (Å²) in [6, 6.07) is 6.93. The molecule has 0 bridgehead atoms. The van der Waals surface area contributed by atoms with Crippen molar-refractivity contribution >= 4 is 12.6 Å². The lowest BCUT2D eigenvalue weighted by Gasteiger charge is -2.14. The van der Waals surface area contributed by atoms with Gasteiger partial charge in [-0.3, -0.25) is 9.59 Å². The Morgan fingerprint density at radius 1 is 1.05 bits per heavy atom. The van der Waals surface area contributed by atoms with Gasteiger partial charge in [0, 0.05) is 16.7 Å². The van der Waals surface area contributed by atoms with Gasteiger partial charge in [0.1, 0.15) is 12.9 Å². The Morgan fingerprint density at radius 3 is 2.41 bits per heavy atom. The summed E-state index contributed by atoms with van der Waals surface area (Å²) in [6.45, 7) is -0.123. The van der Waals surface area contributed by atoms with Crippen LogP contribution >= 0.6 is 0 Å². The molecule has 0 radical (unpaired) electrons. The van der Waals surface area contributed by atoms with Crippen LogP contribution in [0.3, 0.4) is 0 Å². The Kier molecular flexibility index (Phi) is 4.63. The molecule has 6 nitrogen and oxygen atoms in total. The van der Waals surface area contributed by atoms with Crippen LogP contribution in [0.2, 0.25) is 0 Å². The second-order valence-corrected chi connectivity index (χ2v) is 4.44. The van der Waals surface area contributed by atoms with E-state index in [9.17, 15) is 19.8 Å². The third-order valence-corrected chi connectivity index (χ3v) is 3.10. The zero-order valence-electron chi connectivity index (χ0n) is 11.8. The van der Waals surface area contributed by atoms with Gasteiger partial charge in [-0.05, 0) is 30.3 Å². The number of ether oxygens (including phenoxy) is 2. The molecule has 0 aromatic heterocycles. The van der Waals surface area contributed by atoms with Gasteiger partial charge in [-0.1, -0.05) is 0 Å². The SMILES string of the molecule is COc1c(O)ccc(C=O)c1COc1cc(C=O)ccc1O. The molecule has 0 saturated heterocycles. The van der Waals surface area contributed by atoms with Gasteiger partial charge in [0.05, 0.1) is 7.11 Å². The molecule has 0 aliphatic heterocycles. The molecule has 0 fully saturated rings. The number of carbonyl (C=O) groups is 2. The summed E-state index contributed by atoms with van der Waals surface area (Å²) in [5.74, 6) is -0.0580. The monoisotopic (exact) mass is 302 g/mol. The standard InChI is InChI=1S/C16H14O6/c1-21-16-12(11(8-18)3-5-14(16)20)9-22-15-6-10(7-17)2-4-13(15)19/h2-8,19-20H,9H2,1H3. The number of methoxy groups -OCH3 is 1. The van der Waals surface area contributed by atoms with Gasteiger partial charge < -0.3 is 19.7 Å². The molecule has 2 N–H and O–H groups in total. The number of aldehydes is 2. The fourth-order valence-corrected chi connectivity index (χ4v) is 1.99. The van der Waals surface area contributed by atoms with Crippen LogP contribution in [0.25, 0.3) is 0 Å². The van der Waals surface area contributed by atoms with Crippen molar-refractivity contribution in [2.45, 2.75) is 6.61 Å². The molecule has 0 aliphatic rings. The molecule has 2 aromatic carbocycles. The number of hydrogen-bond donors (Lipinski definition) is 2. The number of benzene rings is 2. The number of carbonyl (C=O) groups excluding carboxylic acids is 2. The van der Waals surface area contributed by atoms with E-state index in [1.807, 2.05) is 0 Å². The molecule has 22 heavy (non-hydrogen) atoms. The Balaban J connectivity index is 2.34. The normalized spacial score (nSPS) is 10.0. The molecule has 0 spiro atoms. The van der Waals surface area contributed by atoms with Gasteiger partial charge in [-0.25, -0.2) is 0 Å². The lowest BCUT2D eigenvalue weighted by atomic mass is 10.1. The van der Waals surface area contributed by atoms with E-state index in [2.05, 4.69) is 0 Å². The highest BCUT2D eigenvalue weighted by Crippen LogP contribution is 2.34. The maximum absolute atomic E-state index is 11.1. The molecule has 0 heterocycles. The Hall–Kier alpha value is -3.02. The summed E-state index contributed by atoms with van der Waals surface area (Å²) in [6.07, 6.45) is 1.24. The van der Waals surface area contributed by atoms with E-state index in [1.165, 1.54) is 37.4 Å². The lowest BCUT2D eigenvalue weighted by molar-refractivity contribution is 0.111. The third kappa shape index (κ3) is 3.01. The minimum atomic E-state index is -0.141. The van der Waals surface area contributed by atoms with Crippen molar-refractivity contribution in [3.05, 3.63) is 47.0 Å². The van der Waals surface area contributed by atoms with Crippen molar-refractivity contribution in [2.24, 2.45) is 0 Å².